The van der Waals surface area contributed by atoms with Gasteiger partial charge >= 0.3 is 12.1 Å². The summed E-state index contributed by atoms with van der Waals surface area (Å²) in [5.41, 5.74) is 4.76. The maximum absolute atomic E-state index is 12.8. The van der Waals surface area contributed by atoms with Crippen molar-refractivity contribution in [1.29, 1.82) is 0 Å². The highest BCUT2D eigenvalue weighted by molar-refractivity contribution is 5.66. The van der Waals surface area contributed by atoms with E-state index in [4.69, 9.17) is 10.8 Å². The standard InChI is InChI=1S/C12H14F3NO2/c13-12(14,15)10-4-2-1-3-9(10)8(7-16)5-6-11(17)18/h1-4,8H,5-7,16H2,(H,17,18). The van der Waals surface area contributed by atoms with Crippen LogP contribution in [0.1, 0.15) is 29.9 Å². The lowest BCUT2D eigenvalue weighted by atomic mass is 9.90. The fourth-order valence-corrected chi connectivity index (χ4v) is 1.81. The van der Waals surface area contributed by atoms with E-state index in [1.807, 2.05) is 0 Å². The Morgan fingerprint density at radius 3 is 2.44 bits per heavy atom. The van der Waals surface area contributed by atoms with E-state index in [0.29, 0.717) is 0 Å². The Bertz CT molecular complexity index is 418. The molecule has 0 radical (unpaired) electrons. The van der Waals surface area contributed by atoms with Gasteiger partial charge in [-0.2, -0.15) is 13.2 Å². The van der Waals surface area contributed by atoms with E-state index in [9.17, 15) is 18.0 Å². The number of nitrogens with two attached hydrogens (primary N) is 1. The molecule has 0 amide bonds. The van der Waals surface area contributed by atoms with E-state index in [-0.39, 0.29) is 24.9 Å². The Hall–Kier alpha value is -1.56. The van der Waals surface area contributed by atoms with Crippen LogP contribution in [0.15, 0.2) is 24.3 Å². The summed E-state index contributed by atoms with van der Waals surface area (Å²) in [4.78, 5) is 10.5. The SMILES string of the molecule is NCC(CCC(=O)O)c1ccccc1C(F)(F)F. The first-order chi connectivity index (χ1) is 8.36. The molecule has 0 saturated heterocycles. The largest absolute Gasteiger partial charge is 0.481 e. The molecule has 100 valence electrons. The summed E-state index contributed by atoms with van der Waals surface area (Å²) in [5, 5.41) is 8.57. The Balaban J connectivity index is 3.02. The van der Waals surface area contributed by atoms with Crippen LogP contribution >= 0.6 is 0 Å². The minimum absolute atomic E-state index is 0.0135. The van der Waals surface area contributed by atoms with Crippen molar-refractivity contribution in [3.8, 4) is 0 Å². The van der Waals surface area contributed by atoms with Crippen LogP contribution in [-0.4, -0.2) is 17.6 Å². The Morgan fingerprint density at radius 2 is 1.94 bits per heavy atom. The third-order valence-corrected chi connectivity index (χ3v) is 2.70. The molecule has 0 saturated carbocycles. The number of carbonyl (C=O) groups is 1. The molecule has 1 aromatic rings. The van der Waals surface area contributed by atoms with Gasteiger partial charge in [-0.05, 0) is 30.5 Å². The fraction of sp³-hybridized carbons (Fsp3) is 0.417. The molecule has 0 bridgehead atoms. The number of carboxylic acids is 1. The van der Waals surface area contributed by atoms with Gasteiger partial charge < -0.3 is 10.8 Å². The molecule has 1 unspecified atom stereocenters. The predicted molar refractivity (Wildman–Crippen MR) is 60.1 cm³/mol. The molecule has 0 fully saturated rings. The Kier molecular flexibility index (Phi) is 4.72. The molecule has 0 heterocycles. The lowest BCUT2D eigenvalue weighted by molar-refractivity contribution is -0.138. The van der Waals surface area contributed by atoms with E-state index in [2.05, 4.69) is 0 Å². The van der Waals surface area contributed by atoms with Crippen molar-refractivity contribution < 1.29 is 23.1 Å². The first-order valence-electron chi connectivity index (χ1n) is 5.44. The molecular formula is C12H14F3NO2. The van der Waals surface area contributed by atoms with Gasteiger partial charge in [0.15, 0.2) is 0 Å². The molecule has 1 aromatic carbocycles. The van der Waals surface area contributed by atoms with E-state index >= 15 is 0 Å². The van der Waals surface area contributed by atoms with E-state index in [1.165, 1.54) is 18.2 Å². The van der Waals surface area contributed by atoms with Crippen molar-refractivity contribution in [3.05, 3.63) is 35.4 Å². The second-order valence-electron chi connectivity index (χ2n) is 3.95. The second kappa shape index (κ2) is 5.86. The summed E-state index contributed by atoms with van der Waals surface area (Å²) in [7, 11) is 0. The third-order valence-electron chi connectivity index (χ3n) is 2.70. The lowest BCUT2D eigenvalue weighted by Crippen LogP contribution is -2.18. The number of rotatable bonds is 5. The molecule has 3 nitrogen and oxygen atoms in total. The van der Waals surface area contributed by atoms with Crippen molar-refractivity contribution in [2.75, 3.05) is 6.54 Å². The summed E-state index contributed by atoms with van der Waals surface area (Å²) in [6.45, 7) is -0.0135. The number of hydrogen-bond acceptors (Lipinski definition) is 2. The molecule has 0 aliphatic heterocycles. The normalized spacial score (nSPS) is 13.3. The quantitative estimate of drug-likeness (QED) is 0.856. The number of halogens is 3. The van der Waals surface area contributed by atoms with Gasteiger partial charge in [0, 0.05) is 6.42 Å². The average molecular weight is 261 g/mol. The first-order valence-corrected chi connectivity index (χ1v) is 5.44. The molecule has 0 spiro atoms. The van der Waals surface area contributed by atoms with Crippen LogP contribution in [0.25, 0.3) is 0 Å². The number of benzene rings is 1. The van der Waals surface area contributed by atoms with E-state index in [1.54, 1.807) is 0 Å². The lowest BCUT2D eigenvalue weighted by Gasteiger charge is -2.19. The average Bonchev–Trinajstić information content (AvgIpc) is 2.29. The smallest absolute Gasteiger partial charge is 0.416 e. The zero-order valence-electron chi connectivity index (χ0n) is 9.57. The zero-order chi connectivity index (χ0) is 13.8. The van der Waals surface area contributed by atoms with Gasteiger partial charge in [-0.3, -0.25) is 4.79 Å². The Morgan fingerprint density at radius 1 is 1.33 bits per heavy atom. The molecule has 1 atom stereocenters. The van der Waals surface area contributed by atoms with Gasteiger partial charge in [-0.1, -0.05) is 18.2 Å². The van der Waals surface area contributed by atoms with Crippen molar-refractivity contribution in [2.24, 2.45) is 5.73 Å². The van der Waals surface area contributed by atoms with E-state index < -0.39 is 23.6 Å². The molecule has 0 aliphatic rings. The minimum atomic E-state index is -4.45. The van der Waals surface area contributed by atoms with Crippen molar-refractivity contribution in [2.45, 2.75) is 24.9 Å². The van der Waals surface area contributed by atoms with Gasteiger partial charge in [0.25, 0.3) is 0 Å². The summed E-state index contributed by atoms with van der Waals surface area (Å²) in [6.07, 6.45) is -4.56. The van der Waals surface area contributed by atoms with Gasteiger partial charge in [-0.25, -0.2) is 0 Å². The van der Waals surface area contributed by atoms with Crippen LogP contribution in [0.3, 0.4) is 0 Å². The van der Waals surface area contributed by atoms with Gasteiger partial charge in [0.2, 0.25) is 0 Å². The predicted octanol–water partition coefficient (Wildman–Crippen LogP) is 2.61. The number of hydrogen-bond donors (Lipinski definition) is 2. The highest BCUT2D eigenvalue weighted by Gasteiger charge is 2.34. The van der Waals surface area contributed by atoms with Crippen molar-refractivity contribution >= 4 is 5.97 Å². The Labute approximate surface area is 102 Å². The van der Waals surface area contributed by atoms with Crippen molar-refractivity contribution in [1.82, 2.24) is 0 Å². The van der Waals surface area contributed by atoms with Crippen LogP contribution in [0, 0.1) is 0 Å². The molecule has 18 heavy (non-hydrogen) atoms. The number of alkyl halides is 3. The fourth-order valence-electron chi connectivity index (χ4n) is 1.81. The van der Waals surface area contributed by atoms with Crippen LogP contribution in [-0.2, 0) is 11.0 Å². The zero-order valence-corrected chi connectivity index (χ0v) is 9.57. The molecule has 6 heteroatoms. The maximum atomic E-state index is 12.8. The number of carboxylic acid groups (broad SMARTS) is 1. The molecule has 0 aliphatic carbocycles. The monoisotopic (exact) mass is 261 g/mol. The van der Waals surface area contributed by atoms with Gasteiger partial charge in [0.05, 0.1) is 5.56 Å². The highest BCUT2D eigenvalue weighted by Crippen LogP contribution is 2.36. The molecule has 1 rings (SSSR count). The van der Waals surface area contributed by atoms with Crippen LogP contribution in [0.4, 0.5) is 13.2 Å². The third kappa shape index (κ3) is 3.73. The van der Waals surface area contributed by atoms with Crippen LogP contribution in [0.5, 0.6) is 0 Å². The topological polar surface area (TPSA) is 63.3 Å². The molecule has 3 N–H and O–H groups in total. The van der Waals surface area contributed by atoms with Crippen LogP contribution in [0.2, 0.25) is 0 Å². The second-order valence-corrected chi connectivity index (χ2v) is 3.95. The van der Waals surface area contributed by atoms with Crippen molar-refractivity contribution in [3.63, 3.8) is 0 Å². The van der Waals surface area contributed by atoms with Gasteiger partial charge in [0.1, 0.15) is 0 Å². The maximum Gasteiger partial charge on any atom is 0.416 e. The molecular weight excluding hydrogens is 247 g/mol. The molecule has 0 aromatic heterocycles. The summed E-state index contributed by atoms with van der Waals surface area (Å²) in [5.74, 6) is -1.64. The highest BCUT2D eigenvalue weighted by atomic mass is 19.4. The van der Waals surface area contributed by atoms with E-state index in [0.717, 1.165) is 6.07 Å². The summed E-state index contributed by atoms with van der Waals surface area (Å²) < 4.78 is 38.4. The minimum Gasteiger partial charge on any atom is -0.481 e. The van der Waals surface area contributed by atoms with Gasteiger partial charge in [-0.15, -0.1) is 0 Å². The number of aliphatic carboxylic acids is 1. The van der Waals surface area contributed by atoms with Crippen LogP contribution < -0.4 is 5.73 Å². The summed E-state index contributed by atoms with van der Waals surface area (Å²) >= 11 is 0. The summed E-state index contributed by atoms with van der Waals surface area (Å²) in [6, 6.07) is 5.13. The first kappa shape index (κ1) is 14.5.